The normalized spacial score (nSPS) is 20.4. The van der Waals surface area contributed by atoms with E-state index in [4.69, 9.17) is 16.3 Å². The van der Waals surface area contributed by atoms with Gasteiger partial charge >= 0.3 is 0 Å². The highest BCUT2D eigenvalue weighted by molar-refractivity contribution is 6.30. The van der Waals surface area contributed by atoms with Crippen molar-refractivity contribution in [2.75, 3.05) is 32.8 Å². The molecule has 19 heavy (non-hydrogen) atoms. The highest BCUT2D eigenvalue weighted by atomic mass is 35.5. The van der Waals surface area contributed by atoms with E-state index in [1.54, 1.807) is 0 Å². The zero-order valence-electron chi connectivity index (χ0n) is 11.2. The number of hydrogen-bond donors (Lipinski definition) is 1. The van der Waals surface area contributed by atoms with Crippen LogP contribution in [0.3, 0.4) is 0 Å². The van der Waals surface area contributed by atoms with Crippen molar-refractivity contribution < 1.29 is 9.84 Å². The van der Waals surface area contributed by atoms with Gasteiger partial charge in [-0.1, -0.05) is 17.7 Å². The highest BCUT2D eigenvalue weighted by Crippen LogP contribution is 2.18. The summed E-state index contributed by atoms with van der Waals surface area (Å²) in [7, 11) is 0. The first-order valence-electron chi connectivity index (χ1n) is 6.99. The van der Waals surface area contributed by atoms with Gasteiger partial charge in [-0.25, -0.2) is 0 Å². The molecule has 0 aliphatic carbocycles. The first kappa shape index (κ1) is 14.6. The molecule has 1 heterocycles. The predicted molar refractivity (Wildman–Crippen MR) is 77.8 cm³/mol. The Morgan fingerprint density at radius 3 is 3.11 bits per heavy atom. The molecule has 0 radical (unpaired) electrons. The van der Waals surface area contributed by atoms with Crippen LogP contribution in [0.15, 0.2) is 24.3 Å². The second-order valence-electron chi connectivity index (χ2n) is 5.15. The molecule has 0 aromatic heterocycles. The van der Waals surface area contributed by atoms with Gasteiger partial charge in [0.25, 0.3) is 0 Å². The van der Waals surface area contributed by atoms with Gasteiger partial charge in [-0.2, -0.15) is 0 Å². The number of aliphatic hydroxyl groups is 1. The fourth-order valence-electron chi connectivity index (χ4n) is 2.54. The summed E-state index contributed by atoms with van der Waals surface area (Å²) in [6.45, 7) is 4.23. The van der Waals surface area contributed by atoms with Crippen LogP contribution in [0, 0.1) is 5.92 Å². The van der Waals surface area contributed by atoms with E-state index in [9.17, 15) is 5.11 Å². The highest BCUT2D eigenvalue weighted by Gasteiger charge is 2.18. The molecule has 4 heteroatoms. The third-order valence-corrected chi connectivity index (χ3v) is 3.78. The van der Waals surface area contributed by atoms with Crippen LogP contribution in [-0.2, 0) is 0 Å². The van der Waals surface area contributed by atoms with Crippen LogP contribution in [0.1, 0.15) is 19.3 Å². The average molecular weight is 284 g/mol. The zero-order chi connectivity index (χ0) is 13.5. The molecule has 1 N–H and O–H groups in total. The summed E-state index contributed by atoms with van der Waals surface area (Å²) in [5.74, 6) is 1.29. The molecule has 1 aliphatic heterocycles. The van der Waals surface area contributed by atoms with E-state index in [0.717, 1.165) is 38.2 Å². The van der Waals surface area contributed by atoms with Crippen molar-refractivity contribution in [3.05, 3.63) is 29.3 Å². The Hall–Kier alpha value is -0.770. The maximum atomic E-state index is 9.19. The molecule has 2 rings (SSSR count). The predicted octanol–water partition coefficient (Wildman–Crippen LogP) is 2.81. The minimum atomic E-state index is 0.315. The smallest absolute Gasteiger partial charge is 0.120 e. The Morgan fingerprint density at radius 2 is 2.32 bits per heavy atom. The number of likely N-dealkylation sites (tertiary alicyclic amines) is 1. The second-order valence-corrected chi connectivity index (χ2v) is 5.59. The number of hydrogen-bond acceptors (Lipinski definition) is 3. The van der Waals surface area contributed by atoms with E-state index in [-0.39, 0.29) is 0 Å². The molecule has 1 aromatic carbocycles. The SMILES string of the molecule is OCC1CCCN(CCCOc2cccc(Cl)c2)C1. The Bertz CT molecular complexity index is 386. The van der Waals surface area contributed by atoms with Crippen molar-refractivity contribution in [1.82, 2.24) is 4.90 Å². The molecule has 0 saturated carbocycles. The summed E-state index contributed by atoms with van der Waals surface area (Å²) < 4.78 is 5.67. The van der Waals surface area contributed by atoms with Gasteiger partial charge in [-0.3, -0.25) is 0 Å². The largest absolute Gasteiger partial charge is 0.493 e. The third-order valence-electron chi connectivity index (χ3n) is 3.54. The van der Waals surface area contributed by atoms with Crippen LogP contribution < -0.4 is 4.74 Å². The van der Waals surface area contributed by atoms with Crippen molar-refractivity contribution in [3.63, 3.8) is 0 Å². The quantitative estimate of drug-likeness (QED) is 0.815. The molecule has 0 bridgehead atoms. The van der Waals surface area contributed by atoms with Gasteiger partial charge in [0.05, 0.1) is 6.61 Å². The van der Waals surface area contributed by atoms with Crippen molar-refractivity contribution in [1.29, 1.82) is 0 Å². The van der Waals surface area contributed by atoms with Crippen LogP contribution >= 0.6 is 11.6 Å². The molecule has 0 amide bonds. The summed E-state index contributed by atoms with van der Waals surface area (Å²) in [4.78, 5) is 2.42. The summed E-state index contributed by atoms with van der Waals surface area (Å²) in [6, 6.07) is 7.50. The standard InChI is InChI=1S/C15H22ClNO2/c16-14-5-1-6-15(10-14)19-9-3-8-17-7-2-4-13(11-17)12-18/h1,5-6,10,13,18H,2-4,7-9,11-12H2. The number of nitrogens with zero attached hydrogens (tertiary/aromatic N) is 1. The minimum Gasteiger partial charge on any atom is -0.493 e. The number of aliphatic hydroxyl groups excluding tert-OH is 1. The number of ether oxygens (including phenoxy) is 1. The van der Waals surface area contributed by atoms with E-state index in [2.05, 4.69) is 4.90 Å². The van der Waals surface area contributed by atoms with Gasteiger partial charge in [0.15, 0.2) is 0 Å². The van der Waals surface area contributed by atoms with Crippen molar-refractivity contribution in [2.45, 2.75) is 19.3 Å². The number of benzene rings is 1. The van der Waals surface area contributed by atoms with E-state index >= 15 is 0 Å². The molecule has 1 atom stereocenters. The molecule has 1 aromatic rings. The lowest BCUT2D eigenvalue weighted by molar-refractivity contribution is 0.115. The lowest BCUT2D eigenvalue weighted by Crippen LogP contribution is -2.37. The Labute approximate surface area is 120 Å². The Morgan fingerprint density at radius 1 is 1.42 bits per heavy atom. The first-order chi connectivity index (χ1) is 9.28. The van der Waals surface area contributed by atoms with Gasteiger partial charge < -0.3 is 14.7 Å². The topological polar surface area (TPSA) is 32.7 Å². The van der Waals surface area contributed by atoms with Gasteiger partial charge in [-0.15, -0.1) is 0 Å². The van der Waals surface area contributed by atoms with Crippen molar-refractivity contribution in [3.8, 4) is 5.75 Å². The maximum absolute atomic E-state index is 9.19. The molecule has 1 unspecified atom stereocenters. The summed E-state index contributed by atoms with van der Waals surface area (Å²) >= 11 is 5.90. The lowest BCUT2D eigenvalue weighted by atomic mass is 9.99. The van der Waals surface area contributed by atoms with E-state index < -0.39 is 0 Å². The molecule has 1 saturated heterocycles. The van der Waals surface area contributed by atoms with Crippen LogP contribution in [0.25, 0.3) is 0 Å². The van der Waals surface area contributed by atoms with Gasteiger partial charge in [0.1, 0.15) is 5.75 Å². The van der Waals surface area contributed by atoms with E-state index in [0.29, 0.717) is 24.2 Å². The fourth-order valence-corrected chi connectivity index (χ4v) is 2.72. The van der Waals surface area contributed by atoms with E-state index in [1.165, 1.54) is 6.42 Å². The van der Waals surface area contributed by atoms with Crippen LogP contribution in [-0.4, -0.2) is 42.9 Å². The number of piperidine rings is 1. The molecular weight excluding hydrogens is 262 g/mol. The molecule has 1 aliphatic rings. The summed E-state index contributed by atoms with van der Waals surface area (Å²) in [6.07, 6.45) is 3.36. The van der Waals surface area contributed by atoms with Gasteiger partial charge in [0, 0.05) is 24.7 Å². The maximum Gasteiger partial charge on any atom is 0.120 e. The molecule has 3 nitrogen and oxygen atoms in total. The van der Waals surface area contributed by atoms with Crippen molar-refractivity contribution >= 4 is 11.6 Å². The van der Waals surface area contributed by atoms with Gasteiger partial charge in [0.2, 0.25) is 0 Å². The number of rotatable bonds is 6. The molecule has 0 spiro atoms. The monoisotopic (exact) mass is 283 g/mol. The fraction of sp³-hybridized carbons (Fsp3) is 0.600. The van der Waals surface area contributed by atoms with E-state index in [1.807, 2.05) is 24.3 Å². The molecular formula is C15H22ClNO2. The molecule has 1 fully saturated rings. The van der Waals surface area contributed by atoms with Gasteiger partial charge in [-0.05, 0) is 49.9 Å². The van der Waals surface area contributed by atoms with Crippen LogP contribution in [0.4, 0.5) is 0 Å². The summed E-state index contributed by atoms with van der Waals surface area (Å²) in [5.41, 5.74) is 0. The zero-order valence-corrected chi connectivity index (χ0v) is 12.0. The summed E-state index contributed by atoms with van der Waals surface area (Å²) in [5, 5.41) is 9.90. The van der Waals surface area contributed by atoms with Crippen molar-refractivity contribution in [2.24, 2.45) is 5.92 Å². The first-order valence-corrected chi connectivity index (χ1v) is 7.37. The van der Waals surface area contributed by atoms with Crippen LogP contribution in [0.5, 0.6) is 5.75 Å². The number of halogens is 1. The average Bonchev–Trinajstić information content (AvgIpc) is 2.44. The molecule has 106 valence electrons. The lowest BCUT2D eigenvalue weighted by Gasteiger charge is -2.31. The Kier molecular flexibility index (Phi) is 5.95. The third kappa shape index (κ3) is 5.01. The minimum absolute atomic E-state index is 0.315. The second kappa shape index (κ2) is 7.73. The van der Waals surface area contributed by atoms with Crippen LogP contribution in [0.2, 0.25) is 5.02 Å². The Balaban J connectivity index is 1.64.